The molecule has 3 N–H and O–H groups in total. The third-order valence-corrected chi connectivity index (χ3v) is 5.42. The summed E-state index contributed by atoms with van der Waals surface area (Å²) in [7, 11) is 0. The predicted molar refractivity (Wildman–Crippen MR) is 130 cm³/mol. The van der Waals surface area contributed by atoms with Crippen molar-refractivity contribution in [1.82, 2.24) is 10.2 Å². The smallest absolute Gasteiger partial charge is 0.217 e. The van der Waals surface area contributed by atoms with Crippen LogP contribution in [0.5, 0.6) is 11.5 Å². The van der Waals surface area contributed by atoms with Crippen molar-refractivity contribution in [2.45, 2.75) is 59.1 Å². The number of carbonyl (C=O) groups is 1. The van der Waals surface area contributed by atoms with E-state index >= 15 is 0 Å². The lowest BCUT2D eigenvalue weighted by atomic mass is 9.95. The van der Waals surface area contributed by atoms with Gasteiger partial charge in [0.05, 0.1) is 13.2 Å². The van der Waals surface area contributed by atoms with Gasteiger partial charge in [-0.05, 0) is 51.7 Å². The molecule has 3 rings (SSSR count). The summed E-state index contributed by atoms with van der Waals surface area (Å²) < 4.78 is 11.8. The van der Waals surface area contributed by atoms with Crippen LogP contribution in [0, 0.1) is 5.92 Å². The number of halogens is 1. The number of ether oxygens (including phenoxy) is 2. The van der Waals surface area contributed by atoms with Gasteiger partial charge in [0.15, 0.2) is 5.96 Å². The number of nitrogens with zero attached hydrogens (tertiary/aromatic N) is 2. The third-order valence-electron chi connectivity index (χ3n) is 5.42. The summed E-state index contributed by atoms with van der Waals surface area (Å²) >= 11 is 0. The molecule has 2 aliphatic heterocycles. The van der Waals surface area contributed by atoms with E-state index in [1.807, 2.05) is 6.92 Å². The van der Waals surface area contributed by atoms with E-state index in [9.17, 15) is 4.79 Å². The van der Waals surface area contributed by atoms with E-state index in [1.165, 1.54) is 5.56 Å². The molecule has 1 aromatic carbocycles. The molecule has 2 heterocycles. The molecule has 1 fully saturated rings. The molecule has 7 nitrogen and oxygen atoms in total. The fourth-order valence-corrected chi connectivity index (χ4v) is 4.19. The Morgan fingerprint density at radius 2 is 2.20 bits per heavy atom. The van der Waals surface area contributed by atoms with Crippen LogP contribution in [-0.2, 0) is 17.8 Å². The molecule has 8 heteroatoms. The van der Waals surface area contributed by atoms with Gasteiger partial charge in [0.1, 0.15) is 17.6 Å². The monoisotopic (exact) mass is 530 g/mol. The van der Waals surface area contributed by atoms with Crippen LogP contribution in [0.25, 0.3) is 0 Å². The van der Waals surface area contributed by atoms with E-state index in [2.05, 4.69) is 36.2 Å². The fourth-order valence-electron chi connectivity index (χ4n) is 4.19. The molecule has 168 valence electrons. The first-order valence-corrected chi connectivity index (χ1v) is 10.8. The van der Waals surface area contributed by atoms with Crippen LogP contribution in [-0.4, -0.2) is 49.1 Å². The lowest BCUT2D eigenvalue weighted by molar-refractivity contribution is -0.119. The Kier molecular flexibility index (Phi) is 9.51. The standard InChI is InChI=1S/C22H34N4O3.HI/c1-4-24-22(26-8-6-7-16(14-26)10-21(23)27)25-13-18-12-20-17(9-15(3)29-20)11-19(18)28-5-2;/h11-12,15-16H,4-10,13-14H2,1-3H3,(H2,23,27)(H,24,25);1H. The first-order valence-electron chi connectivity index (χ1n) is 10.8. The van der Waals surface area contributed by atoms with Gasteiger partial charge in [0.2, 0.25) is 5.91 Å². The molecule has 0 spiro atoms. The molecular formula is C22H35IN4O3. The Balaban J connectivity index is 0.00000320. The molecule has 2 atom stereocenters. The number of nitrogens with two attached hydrogens (primary N) is 1. The maximum Gasteiger partial charge on any atom is 0.217 e. The SMILES string of the molecule is CCNC(=NCc1cc2c(cc1OCC)CC(C)O2)N1CCCC(CC(N)=O)C1.I. The molecule has 0 aromatic heterocycles. The van der Waals surface area contributed by atoms with Crippen LogP contribution in [0.3, 0.4) is 0 Å². The van der Waals surface area contributed by atoms with Gasteiger partial charge < -0.3 is 25.4 Å². The number of likely N-dealkylation sites (tertiary alicyclic amines) is 1. The van der Waals surface area contributed by atoms with Gasteiger partial charge in [0, 0.05) is 43.6 Å². The molecule has 0 bridgehead atoms. The molecule has 30 heavy (non-hydrogen) atoms. The van der Waals surface area contributed by atoms with Crippen molar-refractivity contribution in [3.8, 4) is 11.5 Å². The molecule has 0 radical (unpaired) electrons. The largest absolute Gasteiger partial charge is 0.494 e. The zero-order chi connectivity index (χ0) is 20.8. The van der Waals surface area contributed by atoms with Crippen LogP contribution in [0.1, 0.15) is 51.2 Å². The molecule has 1 aromatic rings. The molecule has 0 saturated carbocycles. The van der Waals surface area contributed by atoms with E-state index in [0.29, 0.717) is 25.5 Å². The minimum atomic E-state index is -0.229. The minimum absolute atomic E-state index is 0. The van der Waals surface area contributed by atoms with E-state index in [0.717, 1.165) is 61.9 Å². The van der Waals surface area contributed by atoms with E-state index < -0.39 is 0 Å². The van der Waals surface area contributed by atoms with E-state index in [4.69, 9.17) is 20.2 Å². The Hall–Kier alpha value is -1.71. The second kappa shape index (κ2) is 11.6. The maximum atomic E-state index is 11.3. The average Bonchev–Trinajstić information content (AvgIpc) is 3.03. The first kappa shape index (κ1) is 24.6. The Bertz CT molecular complexity index is 756. The molecular weight excluding hydrogens is 495 g/mol. The lowest BCUT2D eigenvalue weighted by Gasteiger charge is -2.34. The number of aliphatic imine (C=N–C) groups is 1. The number of benzene rings is 1. The highest BCUT2D eigenvalue weighted by molar-refractivity contribution is 14.0. The quantitative estimate of drug-likeness (QED) is 0.322. The van der Waals surface area contributed by atoms with Crippen LogP contribution in [0.4, 0.5) is 0 Å². The molecule has 1 saturated heterocycles. The summed E-state index contributed by atoms with van der Waals surface area (Å²) in [4.78, 5) is 18.5. The summed E-state index contributed by atoms with van der Waals surface area (Å²) in [5.41, 5.74) is 7.64. The predicted octanol–water partition coefficient (Wildman–Crippen LogP) is 3.08. The first-order chi connectivity index (χ1) is 14.0. The van der Waals surface area contributed by atoms with Gasteiger partial charge in [-0.2, -0.15) is 0 Å². The van der Waals surface area contributed by atoms with Crippen molar-refractivity contribution < 1.29 is 14.3 Å². The van der Waals surface area contributed by atoms with Crippen molar-refractivity contribution in [3.63, 3.8) is 0 Å². The Morgan fingerprint density at radius 1 is 1.40 bits per heavy atom. The normalized spacial score (nSPS) is 20.8. The summed E-state index contributed by atoms with van der Waals surface area (Å²) in [6.45, 7) is 9.81. The van der Waals surface area contributed by atoms with E-state index in [1.54, 1.807) is 0 Å². The van der Waals surface area contributed by atoms with Crippen molar-refractivity contribution in [3.05, 3.63) is 23.3 Å². The van der Waals surface area contributed by atoms with Crippen LogP contribution in [0.15, 0.2) is 17.1 Å². The number of amides is 1. The number of hydrogen-bond acceptors (Lipinski definition) is 4. The average molecular weight is 530 g/mol. The highest BCUT2D eigenvalue weighted by Gasteiger charge is 2.24. The lowest BCUT2D eigenvalue weighted by Crippen LogP contribution is -2.47. The second-order valence-corrected chi connectivity index (χ2v) is 7.93. The minimum Gasteiger partial charge on any atom is -0.494 e. The summed E-state index contributed by atoms with van der Waals surface area (Å²) in [5, 5.41) is 3.39. The second-order valence-electron chi connectivity index (χ2n) is 7.93. The molecule has 0 aliphatic carbocycles. The number of fused-ring (bicyclic) bond motifs is 1. The van der Waals surface area contributed by atoms with E-state index in [-0.39, 0.29) is 36.0 Å². The molecule has 2 aliphatic rings. The van der Waals surface area contributed by atoms with Crippen molar-refractivity contribution in [2.75, 3.05) is 26.2 Å². The topological polar surface area (TPSA) is 89.2 Å². The van der Waals surface area contributed by atoms with Gasteiger partial charge in [0.25, 0.3) is 0 Å². The number of hydrogen-bond donors (Lipinski definition) is 2. The van der Waals surface area contributed by atoms with Crippen LogP contribution < -0.4 is 20.5 Å². The summed E-state index contributed by atoms with van der Waals surface area (Å²) in [6.07, 6.45) is 3.62. The van der Waals surface area contributed by atoms with Gasteiger partial charge in [-0.3, -0.25) is 4.79 Å². The van der Waals surface area contributed by atoms with Gasteiger partial charge >= 0.3 is 0 Å². The third kappa shape index (κ3) is 6.39. The van der Waals surface area contributed by atoms with Crippen molar-refractivity contribution >= 4 is 35.8 Å². The number of carbonyl (C=O) groups excluding carboxylic acids is 1. The van der Waals surface area contributed by atoms with Crippen molar-refractivity contribution in [2.24, 2.45) is 16.6 Å². The molecule has 1 amide bonds. The Morgan fingerprint density at radius 3 is 2.90 bits per heavy atom. The van der Waals surface area contributed by atoms with Gasteiger partial charge in [-0.15, -0.1) is 24.0 Å². The number of primary amides is 1. The van der Waals surface area contributed by atoms with Gasteiger partial charge in [-0.1, -0.05) is 0 Å². The maximum absolute atomic E-state index is 11.3. The molecule has 2 unspecified atom stereocenters. The Labute approximate surface area is 196 Å². The summed E-state index contributed by atoms with van der Waals surface area (Å²) in [5.74, 6) is 2.76. The zero-order valence-corrected chi connectivity index (χ0v) is 20.6. The van der Waals surface area contributed by atoms with Crippen LogP contribution >= 0.6 is 24.0 Å². The number of nitrogens with one attached hydrogen (secondary N) is 1. The van der Waals surface area contributed by atoms with Crippen molar-refractivity contribution in [1.29, 1.82) is 0 Å². The summed E-state index contributed by atoms with van der Waals surface area (Å²) in [6, 6.07) is 4.17. The van der Waals surface area contributed by atoms with Crippen LogP contribution in [0.2, 0.25) is 0 Å². The highest BCUT2D eigenvalue weighted by Crippen LogP contribution is 2.35. The zero-order valence-electron chi connectivity index (χ0n) is 18.3. The fraction of sp³-hybridized carbons (Fsp3) is 0.636. The highest BCUT2D eigenvalue weighted by atomic mass is 127. The van der Waals surface area contributed by atoms with Gasteiger partial charge in [-0.25, -0.2) is 4.99 Å². The number of rotatable bonds is 7. The number of guanidine groups is 1. The number of piperidine rings is 1.